The van der Waals surface area contributed by atoms with Crippen molar-refractivity contribution in [2.75, 3.05) is 13.7 Å². The highest BCUT2D eigenvalue weighted by atomic mass is 16.5. The number of rotatable bonds is 4. The van der Waals surface area contributed by atoms with Crippen molar-refractivity contribution in [3.63, 3.8) is 0 Å². The van der Waals surface area contributed by atoms with E-state index in [9.17, 15) is 0 Å². The summed E-state index contributed by atoms with van der Waals surface area (Å²) in [7, 11) is 2.13. The minimum Gasteiger partial charge on any atom is -0.493 e. The molecule has 0 saturated heterocycles. The molecule has 0 radical (unpaired) electrons. The fourth-order valence-electron chi connectivity index (χ4n) is 4.34. The van der Waals surface area contributed by atoms with Gasteiger partial charge in [-0.3, -0.25) is 0 Å². The van der Waals surface area contributed by atoms with Gasteiger partial charge in [-0.1, -0.05) is 32.0 Å². The van der Waals surface area contributed by atoms with Crippen molar-refractivity contribution in [1.82, 2.24) is 5.32 Å². The normalized spacial score (nSPS) is 32.0. The van der Waals surface area contributed by atoms with Crippen molar-refractivity contribution in [1.29, 1.82) is 0 Å². The van der Waals surface area contributed by atoms with Gasteiger partial charge in [0, 0.05) is 17.5 Å². The van der Waals surface area contributed by atoms with E-state index in [1.807, 2.05) is 0 Å². The molecule has 1 aliphatic heterocycles. The summed E-state index contributed by atoms with van der Waals surface area (Å²) >= 11 is 0. The molecule has 4 unspecified atom stereocenters. The Bertz CT molecular complexity index is 470. The topological polar surface area (TPSA) is 21.3 Å². The summed E-state index contributed by atoms with van der Waals surface area (Å²) in [6.45, 7) is 5.64. The maximum atomic E-state index is 5.88. The van der Waals surface area contributed by atoms with Crippen LogP contribution in [0.25, 0.3) is 0 Å². The molecule has 1 fully saturated rings. The van der Waals surface area contributed by atoms with Crippen LogP contribution in [0.4, 0.5) is 0 Å². The Morgan fingerprint density at radius 2 is 2.05 bits per heavy atom. The molecule has 2 heteroatoms. The first-order chi connectivity index (χ1) is 10.2. The van der Waals surface area contributed by atoms with Gasteiger partial charge >= 0.3 is 0 Å². The van der Waals surface area contributed by atoms with Crippen LogP contribution in [0.15, 0.2) is 24.3 Å². The summed E-state index contributed by atoms with van der Waals surface area (Å²) in [6.07, 6.45) is 5.37. The summed E-state index contributed by atoms with van der Waals surface area (Å²) in [6, 6.07) is 9.28. The molecule has 1 aliphatic carbocycles. The van der Waals surface area contributed by atoms with Crippen molar-refractivity contribution in [3.05, 3.63) is 29.8 Å². The summed E-state index contributed by atoms with van der Waals surface area (Å²) in [5.41, 5.74) is 1.43. The van der Waals surface area contributed by atoms with Gasteiger partial charge in [-0.25, -0.2) is 0 Å². The van der Waals surface area contributed by atoms with Crippen molar-refractivity contribution < 1.29 is 4.74 Å². The maximum Gasteiger partial charge on any atom is 0.122 e. The van der Waals surface area contributed by atoms with Gasteiger partial charge in [0.05, 0.1) is 6.61 Å². The number of benzene rings is 1. The average Bonchev–Trinajstić information content (AvgIpc) is 2.90. The number of para-hydroxylation sites is 1. The first-order valence-electron chi connectivity index (χ1n) is 8.58. The first kappa shape index (κ1) is 14.9. The minimum atomic E-state index is 0.591. The molecule has 3 rings (SSSR count). The third kappa shape index (κ3) is 3.11. The summed E-state index contributed by atoms with van der Waals surface area (Å²) < 4.78 is 5.88. The molecule has 1 saturated carbocycles. The van der Waals surface area contributed by atoms with Crippen molar-refractivity contribution in [2.24, 2.45) is 17.8 Å². The average molecular weight is 287 g/mol. The molecule has 1 aromatic rings. The van der Waals surface area contributed by atoms with Crippen LogP contribution in [-0.2, 0) is 0 Å². The van der Waals surface area contributed by atoms with E-state index in [1.54, 1.807) is 0 Å². The molecule has 1 N–H and O–H groups in total. The highest BCUT2D eigenvalue weighted by molar-refractivity contribution is 5.39. The molecule has 1 aromatic carbocycles. The van der Waals surface area contributed by atoms with Crippen LogP contribution in [0.5, 0.6) is 5.75 Å². The quantitative estimate of drug-likeness (QED) is 0.895. The summed E-state index contributed by atoms with van der Waals surface area (Å²) in [5, 5.41) is 3.57. The molecule has 2 nitrogen and oxygen atoms in total. The van der Waals surface area contributed by atoms with Crippen LogP contribution in [0.2, 0.25) is 0 Å². The van der Waals surface area contributed by atoms with Gasteiger partial charge in [0.1, 0.15) is 5.75 Å². The van der Waals surface area contributed by atoms with Crippen molar-refractivity contribution in [3.8, 4) is 5.75 Å². The van der Waals surface area contributed by atoms with E-state index in [-0.39, 0.29) is 0 Å². The standard InChI is InChI=1S/C19H29NO/c1-13(2)14-8-9-18(20-3)15(10-14)11-16-12-21-19-7-5-4-6-17(16)19/h4-7,13-16,18,20H,8-12H2,1-3H3. The van der Waals surface area contributed by atoms with E-state index in [0.717, 1.165) is 30.1 Å². The van der Waals surface area contributed by atoms with E-state index in [2.05, 4.69) is 50.5 Å². The number of fused-ring (bicyclic) bond motifs is 1. The third-order valence-electron chi connectivity index (χ3n) is 5.72. The van der Waals surface area contributed by atoms with E-state index in [0.29, 0.717) is 12.0 Å². The highest BCUT2D eigenvalue weighted by Crippen LogP contribution is 2.42. The van der Waals surface area contributed by atoms with Gasteiger partial charge < -0.3 is 10.1 Å². The zero-order valence-electron chi connectivity index (χ0n) is 13.6. The number of nitrogens with one attached hydrogen (secondary N) is 1. The minimum absolute atomic E-state index is 0.591. The second-order valence-corrected chi connectivity index (χ2v) is 7.25. The highest BCUT2D eigenvalue weighted by Gasteiger charge is 2.34. The molecule has 0 aromatic heterocycles. The van der Waals surface area contributed by atoms with Crippen LogP contribution >= 0.6 is 0 Å². The van der Waals surface area contributed by atoms with Gasteiger partial charge in [-0.05, 0) is 56.6 Å². The lowest BCUT2D eigenvalue weighted by Crippen LogP contribution is -2.40. The lowest BCUT2D eigenvalue weighted by atomic mass is 9.70. The van der Waals surface area contributed by atoms with Crippen LogP contribution in [0.3, 0.4) is 0 Å². The Labute approximate surface area is 129 Å². The summed E-state index contributed by atoms with van der Waals surface area (Å²) in [4.78, 5) is 0. The molecule has 21 heavy (non-hydrogen) atoms. The second kappa shape index (κ2) is 6.39. The van der Waals surface area contributed by atoms with E-state index < -0.39 is 0 Å². The molecule has 116 valence electrons. The first-order valence-corrected chi connectivity index (χ1v) is 8.58. The number of hydrogen-bond donors (Lipinski definition) is 1. The van der Waals surface area contributed by atoms with E-state index in [1.165, 1.54) is 31.2 Å². The van der Waals surface area contributed by atoms with Gasteiger partial charge in [0.25, 0.3) is 0 Å². The second-order valence-electron chi connectivity index (χ2n) is 7.25. The Morgan fingerprint density at radius 3 is 2.81 bits per heavy atom. The predicted molar refractivity (Wildman–Crippen MR) is 87.8 cm³/mol. The molecule has 0 bridgehead atoms. The molecular weight excluding hydrogens is 258 g/mol. The van der Waals surface area contributed by atoms with Gasteiger partial charge in [0.15, 0.2) is 0 Å². The third-order valence-corrected chi connectivity index (χ3v) is 5.72. The molecule has 0 amide bonds. The lowest BCUT2D eigenvalue weighted by Gasteiger charge is -2.38. The largest absolute Gasteiger partial charge is 0.493 e. The van der Waals surface area contributed by atoms with Crippen LogP contribution < -0.4 is 10.1 Å². The number of ether oxygens (including phenoxy) is 1. The van der Waals surface area contributed by atoms with Crippen LogP contribution in [0, 0.1) is 17.8 Å². The lowest BCUT2D eigenvalue weighted by molar-refractivity contribution is 0.155. The van der Waals surface area contributed by atoms with Gasteiger partial charge in [-0.15, -0.1) is 0 Å². The van der Waals surface area contributed by atoms with E-state index in [4.69, 9.17) is 4.74 Å². The fourth-order valence-corrected chi connectivity index (χ4v) is 4.34. The SMILES string of the molecule is CNC1CCC(C(C)C)CC1CC1COc2ccccc21. The van der Waals surface area contributed by atoms with Crippen molar-refractivity contribution >= 4 is 0 Å². The zero-order chi connectivity index (χ0) is 14.8. The zero-order valence-corrected chi connectivity index (χ0v) is 13.6. The fraction of sp³-hybridized carbons (Fsp3) is 0.684. The number of hydrogen-bond acceptors (Lipinski definition) is 2. The Balaban J connectivity index is 1.70. The Morgan fingerprint density at radius 1 is 1.24 bits per heavy atom. The summed E-state index contributed by atoms with van der Waals surface area (Å²) in [5.74, 6) is 4.21. The Kier molecular flexibility index (Phi) is 4.54. The van der Waals surface area contributed by atoms with Gasteiger partial charge in [0.2, 0.25) is 0 Å². The smallest absolute Gasteiger partial charge is 0.122 e. The monoisotopic (exact) mass is 287 g/mol. The van der Waals surface area contributed by atoms with Crippen LogP contribution in [0.1, 0.15) is 51.0 Å². The van der Waals surface area contributed by atoms with Crippen LogP contribution in [-0.4, -0.2) is 19.7 Å². The molecule has 4 atom stereocenters. The predicted octanol–water partition coefficient (Wildman–Crippen LogP) is 4.21. The maximum absolute atomic E-state index is 5.88. The van der Waals surface area contributed by atoms with Gasteiger partial charge in [-0.2, -0.15) is 0 Å². The molecule has 2 aliphatic rings. The van der Waals surface area contributed by atoms with Crippen molar-refractivity contribution in [2.45, 2.75) is 51.5 Å². The Hall–Kier alpha value is -1.02. The molecule has 0 spiro atoms. The molecular formula is C19H29NO. The van der Waals surface area contributed by atoms with E-state index >= 15 is 0 Å². The molecule has 1 heterocycles.